The Morgan fingerprint density at radius 1 is 0.786 bits per heavy atom. The predicted molar refractivity (Wildman–Crippen MR) is 52.5 cm³/mol. The first-order chi connectivity index (χ1) is 6.41. The number of hydrogen-bond donors (Lipinski definition) is 0. The van der Waals surface area contributed by atoms with Crippen molar-refractivity contribution >= 4 is 69.3 Å². The zero-order chi connectivity index (χ0) is 11.1. The van der Waals surface area contributed by atoms with Crippen LogP contribution in [0, 0.1) is 0 Å². The van der Waals surface area contributed by atoms with Gasteiger partial charge in [0.15, 0.2) is 0 Å². The molecule has 0 bridgehead atoms. The summed E-state index contributed by atoms with van der Waals surface area (Å²) in [5, 5.41) is -1.46. The number of rotatable bonds is 7. The fourth-order valence-electron chi connectivity index (χ4n) is 0.379. The van der Waals surface area contributed by atoms with Crippen molar-refractivity contribution in [2.75, 3.05) is 0 Å². The Morgan fingerprint density at radius 2 is 1.07 bits per heavy atom. The van der Waals surface area contributed by atoms with Gasteiger partial charge in [-0.2, -0.15) is 0 Å². The van der Waals surface area contributed by atoms with Crippen LogP contribution in [0.1, 0.15) is 12.8 Å². The SMILES string of the molecule is O=C(Cl)CC(=O)[Se][Se]C(=O)CC(=O)Cl. The van der Waals surface area contributed by atoms with Gasteiger partial charge in [0.2, 0.25) is 0 Å². The van der Waals surface area contributed by atoms with E-state index in [4.69, 9.17) is 23.2 Å². The average molecular weight is 369 g/mol. The molecule has 0 rings (SSSR count). The van der Waals surface area contributed by atoms with E-state index in [1.54, 1.807) is 0 Å². The van der Waals surface area contributed by atoms with Crippen LogP contribution in [0.25, 0.3) is 0 Å². The van der Waals surface area contributed by atoms with E-state index in [0.29, 0.717) is 0 Å². The van der Waals surface area contributed by atoms with E-state index >= 15 is 0 Å². The van der Waals surface area contributed by atoms with E-state index in [-0.39, 0.29) is 22.2 Å². The minimum atomic E-state index is -0.728. The van der Waals surface area contributed by atoms with E-state index in [1.165, 1.54) is 0 Å². The van der Waals surface area contributed by atoms with Gasteiger partial charge in [0.1, 0.15) is 0 Å². The van der Waals surface area contributed by atoms with E-state index in [1.807, 2.05) is 0 Å². The van der Waals surface area contributed by atoms with Crippen LogP contribution in [-0.2, 0) is 19.2 Å². The van der Waals surface area contributed by atoms with Gasteiger partial charge in [-0.05, 0) is 0 Å². The molecule has 0 spiro atoms. The van der Waals surface area contributed by atoms with Gasteiger partial charge in [-0.15, -0.1) is 0 Å². The molecule has 0 amide bonds. The van der Waals surface area contributed by atoms with Crippen molar-refractivity contribution in [2.45, 2.75) is 12.8 Å². The van der Waals surface area contributed by atoms with Crippen LogP contribution >= 0.6 is 23.2 Å². The molecule has 4 nitrogen and oxygen atoms in total. The molecular formula is C6H4Cl2O4Se2. The van der Waals surface area contributed by atoms with Gasteiger partial charge in [-0.1, -0.05) is 0 Å². The number of carbonyl (C=O) groups is 4. The van der Waals surface area contributed by atoms with E-state index in [2.05, 4.69) is 0 Å². The second kappa shape index (κ2) is 7.57. The molecule has 0 aromatic rings. The van der Waals surface area contributed by atoms with Crippen LogP contribution in [0.3, 0.4) is 0 Å². The molecule has 0 saturated heterocycles. The molecule has 0 saturated carbocycles. The second-order valence-corrected chi connectivity index (χ2v) is 9.06. The summed E-state index contributed by atoms with van der Waals surface area (Å²) in [5.74, 6) is 0. The first kappa shape index (κ1) is 14.3. The first-order valence-corrected chi connectivity index (χ1v) is 9.99. The van der Waals surface area contributed by atoms with Crippen molar-refractivity contribution in [3.05, 3.63) is 0 Å². The summed E-state index contributed by atoms with van der Waals surface area (Å²) in [5.41, 5.74) is 0. The van der Waals surface area contributed by atoms with E-state index in [9.17, 15) is 19.2 Å². The Morgan fingerprint density at radius 3 is 1.29 bits per heavy atom. The van der Waals surface area contributed by atoms with Crippen molar-refractivity contribution in [2.24, 2.45) is 0 Å². The van der Waals surface area contributed by atoms with Crippen LogP contribution in [0.2, 0.25) is 0 Å². The monoisotopic (exact) mass is 370 g/mol. The van der Waals surface area contributed by atoms with Crippen molar-refractivity contribution in [3.63, 3.8) is 0 Å². The van der Waals surface area contributed by atoms with Gasteiger partial charge in [0.05, 0.1) is 0 Å². The molecule has 78 valence electrons. The van der Waals surface area contributed by atoms with Crippen molar-refractivity contribution in [3.8, 4) is 0 Å². The van der Waals surface area contributed by atoms with Crippen molar-refractivity contribution < 1.29 is 19.2 Å². The van der Waals surface area contributed by atoms with Crippen LogP contribution in [-0.4, -0.2) is 46.1 Å². The first-order valence-electron chi connectivity index (χ1n) is 3.18. The number of hydrogen-bond acceptors (Lipinski definition) is 4. The fourth-order valence-corrected chi connectivity index (χ4v) is 5.48. The summed E-state index contributed by atoms with van der Waals surface area (Å²) in [6, 6.07) is 0. The molecule has 0 aliphatic heterocycles. The van der Waals surface area contributed by atoms with Gasteiger partial charge < -0.3 is 0 Å². The zero-order valence-electron chi connectivity index (χ0n) is 6.62. The van der Waals surface area contributed by atoms with Crippen LogP contribution in [0.15, 0.2) is 0 Å². The summed E-state index contributed by atoms with van der Waals surface area (Å²) in [6.07, 6.45) is -0.684. The van der Waals surface area contributed by atoms with Crippen LogP contribution < -0.4 is 0 Å². The minimum absolute atomic E-state index is 0.326. The summed E-state index contributed by atoms with van der Waals surface area (Å²) in [4.78, 5) is 42.4. The second-order valence-electron chi connectivity index (χ2n) is 1.97. The van der Waals surface area contributed by atoms with E-state index < -0.39 is 36.7 Å². The van der Waals surface area contributed by atoms with Gasteiger partial charge in [-0.3, -0.25) is 0 Å². The molecule has 0 radical (unpaired) electrons. The molecule has 8 heteroatoms. The molecule has 0 aromatic heterocycles. The molecule has 0 N–H and O–H groups in total. The Balaban J connectivity index is 3.72. The van der Waals surface area contributed by atoms with Gasteiger partial charge in [0, 0.05) is 0 Å². The summed E-state index contributed by atoms with van der Waals surface area (Å²) in [6.45, 7) is 0. The van der Waals surface area contributed by atoms with Crippen LogP contribution in [0.4, 0.5) is 0 Å². The number of carbonyl (C=O) groups excluding carboxylic acids is 4. The summed E-state index contributed by atoms with van der Waals surface area (Å²) in [7, 11) is 0. The van der Waals surface area contributed by atoms with Crippen molar-refractivity contribution in [1.82, 2.24) is 0 Å². The average Bonchev–Trinajstić information content (AvgIpc) is 1.98. The fraction of sp³-hybridized carbons (Fsp3) is 0.333. The molecule has 0 aliphatic carbocycles. The molecule has 0 fully saturated rings. The van der Waals surface area contributed by atoms with Gasteiger partial charge >= 0.3 is 101 Å². The third-order valence-electron chi connectivity index (χ3n) is 0.794. The zero-order valence-corrected chi connectivity index (χ0v) is 11.6. The quantitative estimate of drug-likeness (QED) is 0.351. The molecule has 0 heterocycles. The standard InChI is InChI=1S/C6H4Cl2O4Se2/c7-3(9)1-5(11)13-14-6(12)2-4(8)10/h1-2H2. The Bertz CT molecular complexity index is 251. The molecule has 0 aliphatic rings. The van der Waals surface area contributed by atoms with Crippen LogP contribution in [0.5, 0.6) is 0 Å². The molecule has 14 heavy (non-hydrogen) atoms. The topological polar surface area (TPSA) is 68.3 Å². The Kier molecular flexibility index (Phi) is 7.73. The molecule has 0 aromatic carbocycles. The summed E-state index contributed by atoms with van der Waals surface area (Å²) < 4.78 is -0.652. The van der Waals surface area contributed by atoms with Crippen molar-refractivity contribution in [1.29, 1.82) is 0 Å². The molecular weight excluding hydrogens is 365 g/mol. The Labute approximate surface area is 101 Å². The normalized spacial score (nSPS) is 9.57. The maximum absolute atomic E-state index is 10.9. The van der Waals surface area contributed by atoms with Gasteiger partial charge in [0.25, 0.3) is 0 Å². The maximum atomic E-state index is 10.9. The summed E-state index contributed by atoms with van der Waals surface area (Å²) >= 11 is 8.80. The Hall–Kier alpha value is 0.299. The number of halogens is 2. The third kappa shape index (κ3) is 8.88. The van der Waals surface area contributed by atoms with E-state index in [0.717, 1.165) is 0 Å². The van der Waals surface area contributed by atoms with Gasteiger partial charge in [-0.25, -0.2) is 0 Å². The molecule has 0 atom stereocenters. The molecule has 0 unspecified atom stereocenters. The third-order valence-corrected chi connectivity index (χ3v) is 7.58. The predicted octanol–water partition coefficient (Wildman–Crippen LogP) is -0.326.